The number of hydrogen-bond acceptors (Lipinski definition) is 6. The molecule has 1 amide bonds. The topological polar surface area (TPSA) is 72.7 Å². The molecule has 4 rings (SSSR count). The molecule has 0 saturated carbocycles. The Kier molecular flexibility index (Phi) is 5.79. The van der Waals surface area contributed by atoms with Crippen LogP contribution in [-0.2, 0) is 11.2 Å². The van der Waals surface area contributed by atoms with Gasteiger partial charge in [-0.2, -0.15) is 5.10 Å². The van der Waals surface area contributed by atoms with Crippen LogP contribution in [0.25, 0.3) is 5.69 Å². The van der Waals surface area contributed by atoms with E-state index in [9.17, 15) is 4.79 Å². The summed E-state index contributed by atoms with van der Waals surface area (Å²) in [6, 6.07) is 17.6. The van der Waals surface area contributed by atoms with Gasteiger partial charge in [-0.1, -0.05) is 41.3 Å². The van der Waals surface area contributed by atoms with E-state index < -0.39 is 0 Å². The van der Waals surface area contributed by atoms with E-state index in [-0.39, 0.29) is 5.91 Å². The molecule has 0 aliphatic heterocycles. The largest absolute Gasteiger partial charge is 0.326 e. The first kappa shape index (κ1) is 18.4. The number of benzene rings is 2. The fraction of sp³-hybridized carbons (Fsp3) is 0.100. The summed E-state index contributed by atoms with van der Waals surface area (Å²) in [5.41, 5.74) is 4.53. The summed E-state index contributed by atoms with van der Waals surface area (Å²) in [6.07, 6.45) is 4.81. The molecule has 0 spiro atoms. The zero-order valence-corrected chi connectivity index (χ0v) is 16.5. The van der Waals surface area contributed by atoms with Gasteiger partial charge in [0.25, 0.3) is 0 Å². The van der Waals surface area contributed by atoms with Gasteiger partial charge < -0.3 is 5.32 Å². The Bertz CT molecular complexity index is 1030. The predicted molar refractivity (Wildman–Crippen MR) is 111 cm³/mol. The molecule has 0 saturated heterocycles. The van der Waals surface area contributed by atoms with Crippen LogP contribution in [0, 0.1) is 0 Å². The normalized spacial score (nSPS) is 10.7. The minimum Gasteiger partial charge on any atom is -0.326 e. The first-order chi connectivity index (χ1) is 13.8. The van der Waals surface area contributed by atoms with Gasteiger partial charge in [-0.3, -0.25) is 4.79 Å². The third-order valence-corrected chi connectivity index (χ3v) is 5.77. The molecule has 2 aromatic carbocycles. The summed E-state index contributed by atoms with van der Waals surface area (Å²) in [5, 5.41) is 15.1. The number of anilines is 1. The third-order valence-electron chi connectivity index (χ3n) is 3.98. The van der Waals surface area contributed by atoms with E-state index in [1.807, 2.05) is 65.5 Å². The van der Waals surface area contributed by atoms with Gasteiger partial charge in [0, 0.05) is 23.2 Å². The minimum atomic E-state index is -0.0167. The van der Waals surface area contributed by atoms with Crippen LogP contribution in [0.1, 0.15) is 12.0 Å². The van der Waals surface area contributed by atoms with E-state index >= 15 is 0 Å². The van der Waals surface area contributed by atoms with E-state index in [1.165, 1.54) is 11.3 Å². The molecular weight excluding hydrogens is 390 g/mol. The molecule has 2 aromatic heterocycles. The highest BCUT2D eigenvalue weighted by molar-refractivity contribution is 8.01. The maximum absolute atomic E-state index is 12.2. The van der Waals surface area contributed by atoms with Gasteiger partial charge in [0.2, 0.25) is 5.91 Å². The summed E-state index contributed by atoms with van der Waals surface area (Å²) >= 11 is 3.05. The van der Waals surface area contributed by atoms with Crippen LogP contribution in [0.4, 0.5) is 5.69 Å². The van der Waals surface area contributed by atoms with E-state index in [1.54, 1.807) is 23.5 Å². The van der Waals surface area contributed by atoms with E-state index in [0.717, 1.165) is 26.2 Å². The van der Waals surface area contributed by atoms with Crippen molar-refractivity contribution in [2.24, 2.45) is 0 Å². The van der Waals surface area contributed by atoms with Gasteiger partial charge in [0.1, 0.15) is 5.51 Å². The second-order valence-corrected chi connectivity index (χ2v) is 8.16. The molecule has 140 valence electrons. The van der Waals surface area contributed by atoms with Crippen LogP contribution in [0.15, 0.2) is 81.7 Å². The van der Waals surface area contributed by atoms with Gasteiger partial charge in [-0.25, -0.2) is 4.68 Å². The fourth-order valence-corrected chi connectivity index (χ4v) is 4.06. The van der Waals surface area contributed by atoms with Crippen LogP contribution in [0.3, 0.4) is 0 Å². The molecule has 1 N–H and O–H groups in total. The maximum Gasteiger partial charge on any atom is 0.224 e. The highest BCUT2D eigenvalue weighted by Gasteiger charge is 2.07. The SMILES string of the molecule is O=C(CCc1cnn(-c2ccccc2)c1)Nc1ccc(Sc2nncs2)cc1. The summed E-state index contributed by atoms with van der Waals surface area (Å²) in [6.45, 7) is 0. The highest BCUT2D eigenvalue weighted by Crippen LogP contribution is 2.29. The molecule has 2 heterocycles. The molecule has 0 unspecified atom stereocenters. The lowest BCUT2D eigenvalue weighted by atomic mass is 10.2. The van der Waals surface area contributed by atoms with E-state index in [4.69, 9.17) is 0 Å². The van der Waals surface area contributed by atoms with Crippen LogP contribution >= 0.6 is 23.1 Å². The van der Waals surface area contributed by atoms with Crippen molar-refractivity contribution in [2.75, 3.05) is 5.32 Å². The van der Waals surface area contributed by atoms with Crippen molar-refractivity contribution >= 4 is 34.7 Å². The van der Waals surface area contributed by atoms with Crippen molar-refractivity contribution in [3.8, 4) is 5.69 Å². The Balaban J connectivity index is 1.28. The molecular formula is C20H17N5OS2. The van der Waals surface area contributed by atoms with Gasteiger partial charge >= 0.3 is 0 Å². The average molecular weight is 408 g/mol. The molecule has 0 aliphatic rings. The molecule has 6 nitrogen and oxygen atoms in total. The number of nitrogens with one attached hydrogen (secondary N) is 1. The number of hydrogen-bond donors (Lipinski definition) is 1. The standard InChI is InChI=1S/C20H17N5OS2/c26-19(11-6-15-12-22-25(13-15)17-4-2-1-3-5-17)23-16-7-9-18(10-8-16)28-20-24-21-14-27-20/h1-5,7-10,12-14H,6,11H2,(H,23,26). The Morgan fingerprint density at radius 1 is 1.11 bits per heavy atom. The van der Waals surface area contributed by atoms with E-state index in [2.05, 4.69) is 20.6 Å². The molecule has 0 atom stereocenters. The molecule has 0 bridgehead atoms. The van der Waals surface area contributed by atoms with Crippen molar-refractivity contribution in [1.82, 2.24) is 20.0 Å². The second-order valence-electron chi connectivity index (χ2n) is 6.01. The van der Waals surface area contributed by atoms with Gasteiger partial charge in [-0.15, -0.1) is 10.2 Å². The number of rotatable bonds is 7. The Morgan fingerprint density at radius 2 is 1.93 bits per heavy atom. The smallest absolute Gasteiger partial charge is 0.224 e. The van der Waals surface area contributed by atoms with Crippen molar-refractivity contribution in [3.63, 3.8) is 0 Å². The van der Waals surface area contributed by atoms with Gasteiger partial charge in [0.05, 0.1) is 11.9 Å². The summed E-state index contributed by atoms with van der Waals surface area (Å²) in [4.78, 5) is 13.3. The number of para-hydroxylation sites is 1. The Labute approximate surface area is 170 Å². The lowest BCUT2D eigenvalue weighted by molar-refractivity contribution is -0.116. The first-order valence-electron chi connectivity index (χ1n) is 8.69. The van der Waals surface area contributed by atoms with Crippen LogP contribution in [-0.4, -0.2) is 25.9 Å². The zero-order valence-electron chi connectivity index (χ0n) is 14.9. The van der Waals surface area contributed by atoms with Crippen molar-refractivity contribution in [1.29, 1.82) is 0 Å². The summed E-state index contributed by atoms with van der Waals surface area (Å²) in [7, 11) is 0. The Morgan fingerprint density at radius 3 is 2.68 bits per heavy atom. The molecule has 28 heavy (non-hydrogen) atoms. The Hall–Kier alpha value is -2.97. The van der Waals surface area contributed by atoms with Crippen LogP contribution in [0.2, 0.25) is 0 Å². The minimum absolute atomic E-state index is 0.0167. The van der Waals surface area contributed by atoms with Crippen molar-refractivity contribution < 1.29 is 4.79 Å². The average Bonchev–Trinajstić information content (AvgIpc) is 3.41. The summed E-state index contributed by atoms with van der Waals surface area (Å²) in [5.74, 6) is -0.0167. The maximum atomic E-state index is 12.2. The quantitative estimate of drug-likeness (QED) is 0.490. The molecule has 8 heteroatoms. The number of aryl methyl sites for hydroxylation is 1. The molecule has 0 radical (unpaired) electrons. The van der Waals surface area contributed by atoms with Crippen molar-refractivity contribution in [2.45, 2.75) is 22.1 Å². The first-order valence-corrected chi connectivity index (χ1v) is 10.4. The highest BCUT2D eigenvalue weighted by atomic mass is 32.2. The molecule has 0 fully saturated rings. The zero-order chi connectivity index (χ0) is 19.2. The number of amides is 1. The monoisotopic (exact) mass is 407 g/mol. The third kappa shape index (κ3) is 4.85. The fourth-order valence-electron chi connectivity index (χ4n) is 2.61. The van der Waals surface area contributed by atoms with Gasteiger partial charge in [0.15, 0.2) is 4.34 Å². The van der Waals surface area contributed by atoms with Crippen molar-refractivity contribution in [3.05, 3.63) is 78.1 Å². The van der Waals surface area contributed by atoms with Crippen LogP contribution < -0.4 is 5.32 Å². The molecule has 0 aliphatic carbocycles. The number of carbonyl (C=O) groups is 1. The lowest BCUT2D eigenvalue weighted by Crippen LogP contribution is -2.12. The van der Waals surface area contributed by atoms with Gasteiger partial charge in [-0.05, 0) is 48.4 Å². The lowest BCUT2D eigenvalue weighted by Gasteiger charge is -2.05. The van der Waals surface area contributed by atoms with Crippen LogP contribution in [0.5, 0.6) is 0 Å². The number of nitrogens with zero attached hydrogens (tertiary/aromatic N) is 4. The molecule has 4 aromatic rings. The summed E-state index contributed by atoms with van der Waals surface area (Å²) < 4.78 is 2.72. The number of aromatic nitrogens is 4. The number of carbonyl (C=O) groups excluding carboxylic acids is 1. The predicted octanol–water partition coefficient (Wildman–Crippen LogP) is 4.45. The van der Waals surface area contributed by atoms with E-state index in [0.29, 0.717) is 12.8 Å². The second kappa shape index (κ2) is 8.81.